The van der Waals surface area contributed by atoms with Gasteiger partial charge in [-0.15, -0.1) is 0 Å². The maximum atomic E-state index is 12.6. The average Bonchev–Trinajstić information content (AvgIpc) is 2.74. The van der Waals surface area contributed by atoms with E-state index >= 15 is 0 Å². The number of hydrogen-bond donors (Lipinski definition) is 3. The Bertz CT molecular complexity index is 771. The summed E-state index contributed by atoms with van der Waals surface area (Å²) in [6, 6.07) is 19.9. The number of esters is 1. The Morgan fingerprint density at radius 2 is 1.33 bits per heavy atom. The lowest BCUT2D eigenvalue weighted by atomic mass is 9.92. The molecule has 0 radical (unpaired) electrons. The number of ether oxygens (including phenoxy) is 1. The summed E-state index contributed by atoms with van der Waals surface area (Å²) in [4.78, 5) is 12.6. The van der Waals surface area contributed by atoms with Crippen molar-refractivity contribution < 1.29 is 24.9 Å². The van der Waals surface area contributed by atoms with Crippen LogP contribution in [-0.2, 0) is 9.53 Å². The summed E-state index contributed by atoms with van der Waals surface area (Å²) < 4.78 is 5.16. The second-order valence-corrected chi connectivity index (χ2v) is 6.14. The predicted octanol–water partition coefficient (Wildman–Crippen LogP) is 1.52. The van der Waals surface area contributed by atoms with Crippen molar-refractivity contribution in [3.63, 3.8) is 0 Å². The van der Waals surface area contributed by atoms with Gasteiger partial charge in [0.25, 0.3) is 0 Å². The van der Waals surface area contributed by atoms with Crippen molar-refractivity contribution in [3.05, 3.63) is 77.4 Å². The third-order valence-electron chi connectivity index (χ3n) is 4.21. The molecule has 0 aliphatic carbocycles. The first-order valence-electron chi connectivity index (χ1n) is 8.35. The standard InChI is InChI=1S/C21H21NO5/c22-11-18(20(26)27-15-21(12-23,13-24)14-25)19(16-7-3-1-4-8-16)17-9-5-2-6-10-17/h1-10,23-25H,12-15H2. The minimum absolute atomic E-state index is 0.199. The molecule has 0 unspecified atom stereocenters. The van der Waals surface area contributed by atoms with Gasteiger partial charge < -0.3 is 20.1 Å². The van der Waals surface area contributed by atoms with Gasteiger partial charge in [0.1, 0.15) is 18.2 Å². The number of carbonyl (C=O) groups is 1. The van der Waals surface area contributed by atoms with Crippen LogP contribution in [0.2, 0.25) is 0 Å². The van der Waals surface area contributed by atoms with E-state index in [0.717, 1.165) is 0 Å². The lowest BCUT2D eigenvalue weighted by Gasteiger charge is -2.26. The third kappa shape index (κ3) is 4.80. The molecule has 2 aromatic rings. The van der Waals surface area contributed by atoms with Crippen LogP contribution in [0.15, 0.2) is 66.2 Å². The normalized spacial score (nSPS) is 10.7. The van der Waals surface area contributed by atoms with Crippen LogP contribution in [0, 0.1) is 16.7 Å². The Morgan fingerprint density at radius 1 is 0.889 bits per heavy atom. The molecule has 0 amide bonds. The van der Waals surface area contributed by atoms with E-state index in [9.17, 15) is 25.4 Å². The Labute approximate surface area is 157 Å². The van der Waals surface area contributed by atoms with Crippen molar-refractivity contribution >= 4 is 11.5 Å². The van der Waals surface area contributed by atoms with Crippen LogP contribution in [0.25, 0.3) is 5.57 Å². The first-order valence-corrected chi connectivity index (χ1v) is 8.35. The van der Waals surface area contributed by atoms with Crippen LogP contribution >= 0.6 is 0 Å². The molecule has 0 atom stereocenters. The summed E-state index contributed by atoms with van der Waals surface area (Å²) in [5.41, 5.74) is 0.210. The smallest absolute Gasteiger partial charge is 0.349 e. The topological polar surface area (TPSA) is 111 Å². The molecule has 6 heteroatoms. The van der Waals surface area contributed by atoms with Crippen LogP contribution in [0.4, 0.5) is 0 Å². The van der Waals surface area contributed by atoms with Crippen LogP contribution in [0.5, 0.6) is 0 Å². The van der Waals surface area contributed by atoms with E-state index in [0.29, 0.717) is 16.7 Å². The zero-order valence-corrected chi connectivity index (χ0v) is 14.7. The van der Waals surface area contributed by atoms with Gasteiger partial charge in [0, 0.05) is 5.57 Å². The summed E-state index contributed by atoms with van der Waals surface area (Å²) in [5.74, 6) is -0.889. The quantitative estimate of drug-likeness (QED) is 0.371. The fourth-order valence-electron chi connectivity index (χ4n) is 2.45. The Morgan fingerprint density at radius 3 is 1.70 bits per heavy atom. The van der Waals surface area contributed by atoms with Gasteiger partial charge >= 0.3 is 5.97 Å². The van der Waals surface area contributed by atoms with Gasteiger partial charge in [0.05, 0.1) is 25.2 Å². The fourth-order valence-corrected chi connectivity index (χ4v) is 2.45. The van der Waals surface area contributed by atoms with Gasteiger partial charge in [-0.2, -0.15) is 5.26 Å². The molecule has 140 valence electrons. The van der Waals surface area contributed by atoms with E-state index in [4.69, 9.17) is 4.74 Å². The van der Waals surface area contributed by atoms with Crippen molar-refractivity contribution in [2.24, 2.45) is 5.41 Å². The molecule has 0 saturated carbocycles. The molecule has 6 nitrogen and oxygen atoms in total. The lowest BCUT2D eigenvalue weighted by Crippen LogP contribution is -2.39. The summed E-state index contributed by atoms with van der Waals surface area (Å²) in [6.07, 6.45) is 0. The van der Waals surface area contributed by atoms with Crippen LogP contribution in [0.1, 0.15) is 11.1 Å². The Kier molecular flexibility index (Phi) is 7.26. The maximum Gasteiger partial charge on any atom is 0.349 e. The second kappa shape index (κ2) is 9.64. The minimum Gasteiger partial charge on any atom is -0.461 e. The number of aliphatic hydroxyl groups is 3. The maximum absolute atomic E-state index is 12.6. The predicted molar refractivity (Wildman–Crippen MR) is 99.2 cm³/mol. The van der Waals surface area contributed by atoms with Gasteiger partial charge in [0.15, 0.2) is 0 Å². The molecule has 3 N–H and O–H groups in total. The van der Waals surface area contributed by atoms with Crippen molar-refractivity contribution in [1.82, 2.24) is 0 Å². The highest BCUT2D eigenvalue weighted by Gasteiger charge is 2.31. The molecule has 2 aromatic carbocycles. The number of nitriles is 1. The number of hydrogen-bond acceptors (Lipinski definition) is 6. The van der Waals surface area contributed by atoms with Crippen LogP contribution < -0.4 is 0 Å². The number of rotatable bonds is 8. The molecule has 0 bridgehead atoms. The molecular weight excluding hydrogens is 346 g/mol. The van der Waals surface area contributed by atoms with Gasteiger partial charge in [-0.1, -0.05) is 60.7 Å². The average molecular weight is 367 g/mol. The van der Waals surface area contributed by atoms with Crippen molar-refractivity contribution in [1.29, 1.82) is 5.26 Å². The molecule has 27 heavy (non-hydrogen) atoms. The summed E-state index contributed by atoms with van der Waals surface area (Å²) in [5, 5.41) is 37.7. The van der Waals surface area contributed by atoms with Crippen molar-refractivity contribution in [2.75, 3.05) is 26.4 Å². The van der Waals surface area contributed by atoms with E-state index in [2.05, 4.69) is 0 Å². The van der Waals surface area contributed by atoms with Crippen LogP contribution in [0.3, 0.4) is 0 Å². The summed E-state index contributed by atoms with van der Waals surface area (Å²) in [7, 11) is 0. The van der Waals surface area contributed by atoms with E-state index in [1.54, 1.807) is 48.5 Å². The molecule has 0 saturated heterocycles. The summed E-state index contributed by atoms with van der Waals surface area (Å²) >= 11 is 0. The molecule has 0 heterocycles. The first-order chi connectivity index (χ1) is 13.1. The number of aliphatic hydroxyl groups excluding tert-OH is 3. The van der Waals surface area contributed by atoms with Crippen molar-refractivity contribution in [2.45, 2.75) is 0 Å². The van der Waals surface area contributed by atoms with Gasteiger partial charge in [-0.3, -0.25) is 0 Å². The van der Waals surface area contributed by atoms with Gasteiger partial charge in [-0.05, 0) is 11.1 Å². The monoisotopic (exact) mass is 367 g/mol. The minimum atomic E-state index is -1.37. The highest BCUT2D eigenvalue weighted by Crippen LogP contribution is 2.28. The molecule has 0 fully saturated rings. The Hall–Kier alpha value is -2.98. The Balaban J connectivity index is 2.45. The molecular formula is C21H21NO5. The molecule has 0 spiro atoms. The highest BCUT2D eigenvalue weighted by molar-refractivity contribution is 6.05. The van der Waals surface area contributed by atoms with E-state index in [-0.39, 0.29) is 5.57 Å². The lowest BCUT2D eigenvalue weighted by molar-refractivity contribution is -0.146. The van der Waals surface area contributed by atoms with Gasteiger partial charge in [-0.25, -0.2) is 4.79 Å². The van der Waals surface area contributed by atoms with Crippen molar-refractivity contribution in [3.8, 4) is 6.07 Å². The zero-order valence-electron chi connectivity index (χ0n) is 14.7. The SMILES string of the molecule is N#CC(C(=O)OCC(CO)(CO)CO)=C(c1ccccc1)c1ccccc1. The number of nitrogens with zero attached hydrogens (tertiary/aromatic N) is 1. The first kappa shape index (κ1) is 20.3. The molecule has 0 aromatic heterocycles. The largest absolute Gasteiger partial charge is 0.461 e. The van der Waals surface area contributed by atoms with E-state index in [1.165, 1.54) is 0 Å². The highest BCUT2D eigenvalue weighted by atomic mass is 16.5. The number of benzene rings is 2. The fraction of sp³-hybridized carbons (Fsp3) is 0.238. The van der Waals surface area contributed by atoms with Gasteiger partial charge in [0.2, 0.25) is 0 Å². The van der Waals surface area contributed by atoms with E-state index in [1.807, 2.05) is 18.2 Å². The molecule has 2 rings (SSSR count). The third-order valence-corrected chi connectivity index (χ3v) is 4.21. The zero-order chi connectivity index (χ0) is 19.7. The van der Waals surface area contributed by atoms with Crippen LogP contribution in [-0.4, -0.2) is 47.7 Å². The van der Waals surface area contributed by atoms with E-state index < -0.39 is 37.8 Å². The molecule has 0 aliphatic heterocycles. The molecule has 0 aliphatic rings. The summed E-state index contributed by atoms with van der Waals surface area (Å²) in [6.45, 7) is -2.12. The number of carbonyl (C=O) groups excluding carboxylic acids is 1. The second-order valence-electron chi connectivity index (χ2n) is 6.14.